The van der Waals surface area contributed by atoms with E-state index < -0.39 is 23.1 Å². The Morgan fingerprint density at radius 2 is 1.41 bits per heavy atom. The van der Waals surface area contributed by atoms with Crippen molar-refractivity contribution in [3.05, 3.63) is 156 Å². The van der Waals surface area contributed by atoms with Crippen molar-refractivity contribution in [3.63, 3.8) is 0 Å². The minimum atomic E-state index is -0.717. The Morgan fingerprint density at radius 3 is 2.00 bits per heavy atom. The van der Waals surface area contributed by atoms with Gasteiger partial charge < -0.3 is 4.90 Å². The van der Waals surface area contributed by atoms with Crippen LogP contribution in [0.1, 0.15) is 22.7 Å². The van der Waals surface area contributed by atoms with Crippen molar-refractivity contribution in [3.8, 4) is 11.8 Å². The molecule has 1 aromatic heterocycles. The monoisotopic (exact) mass is 652 g/mol. The number of para-hydroxylation sites is 1. The molecular weight excluding hydrogens is 626 g/mol. The van der Waals surface area contributed by atoms with E-state index in [4.69, 9.17) is 11.6 Å². The van der Waals surface area contributed by atoms with Crippen LogP contribution in [0, 0.1) is 23.0 Å². The highest BCUT2D eigenvalue weighted by Crippen LogP contribution is 2.29. The largest absolute Gasteiger partial charge is 0.335 e. The van der Waals surface area contributed by atoms with E-state index >= 15 is 4.39 Å². The normalized spacial score (nSPS) is 14.8. The number of rotatable bonds is 6. The van der Waals surface area contributed by atoms with Crippen LogP contribution in [0.25, 0.3) is 17.3 Å². The second-order valence-corrected chi connectivity index (χ2v) is 12.1. The van der Waals surface area contributed by atoms with Crippen LogP contribution >= 0.6 is 22.9 Å². The Morgan fingerprint density at radius 1 is 0.826 bits per heavy atom. The van der Waals surface area contributed by atoms with E-state index in [0.29, 0.717) is 26.2 Å². The highest BCUT2D eigenvalue weighted by atomic mass is 35.5. The van der Waals surface area contributed by atoms with Gasteiger partial charge in [-0.05, 0) is 41.5 Å². The summed E-state index contributed by atoms with van der Waals surface area (Å²) in [5, 5.41) is 10.4. The molecule has 5 aromatic rings. The zero-order valence-corrected chi connectivity index (χ0v) is 26.0. The van der Waals surface area contributed by atoms with Crippen LogP contribution in [0.15, 0.2) is 108 Å². The molecule has 1 fully saturated rings. The molecule has 230 valence electrons. The number of carbonyl (C=O) groups excluding carboxylic acids is 1. The summed E-state index contributed by atoms with van der Waals surface area (Å²) in [7, 11) is 0. The number of carbonyl (C=O) groups is 1. The lowest BCUT2D eigenvalue weighted by Crippen LogP contribution is -2.50. The lowest BCUT2D eigenvalue weighted by atomic mass is 9.96. The fourth-order valence-corrected chi connectivity index (χ4v) is 6.98. The minimum Gasteiger partial charge on any atom is -0.335 e. The number of aromatic nitrogens is 1. The molecule has 0 atom stereocenters. The fourth-order valence-electron chi connectivity index (χ4n) is 5.69. The first-order chi connectivity index (χ1) is 22.4. The predicted molar refractivity (Wildman–Crippen MR) is 176 cm³/mol. The molecule has 4 aromatic carbocycles. The van der Waals surface area contributed by atoms with Crippen molar-refractivity contribution in [1.82, 2.24) is 14.4 Å². The van der Waals surface area contributed by atoms with Gasteiger partial charge in [0, 0.05) is 31.7 Å². The summed E-state index contributed by atoms with van der Waals surface area (Å²) >= 11 is 7.03. The third kappa shape index (κ3) is 6.15. The van der Waals surface area contributed by atoms with Crippen molar-refractivity contribution in [2.45, 2.75) is 6.04 Å². The Hall–Kier alpha value is -4.88. The van der Waals surface area contributed by atoms with Gasteiger partial charge in [0.15, 0.2) is 5.57 Å². The van der Waals surface area contributed by atoms with Crippen LogP contribution in [0.3, 0.4) is 0 Å². The number of halogens is 3. The third-order valence-electron chi connectivity index (χ3n) is 7.93. The predicted octanol–water partition coefficient (Wildman–Crippen LogP) is 5.27. The molecule has 0 N–H and O–H groups in total. The zero-order chi connectivity index (χ0) is 32.2. The molecule has 1 aliphatic rings. The van der Waals surface area contributed by atoms with Gasteiger partial charge in [-0.3, -0.25) is 19.1 Å². The van der Waals surface area contributed by atoms with Crippen LogP contribution in [-0.4, -0.2) is 46.5 Å². The van der Waals surface area contributed by atoms with Gasteiger partial charge in [0.2, 0.25) is 0 Å². The molecule has 6 nitrogen and oxygen atoms in total. The number of nitriles is 1. The van der Waals surface area contributed by atoms with Crippen LogP contribution in [0.4, 0.5) is 8.78 Å². The molecule has 1 aliphatic heterocycles. The Balaban J connectivity index is 1.40. The first kappa shape index (κ1) is 31.1. The smallest absolute Gasteiger partial charge is 0.273 e. The van der Waals surface area contributed by atoms with Crippen LogP contribution in [-0.2, 0) is 4.79 Å². The summed E-state index contributed by atoms with van der Waals surface area (Å²) in [6, 6.07) is 32.0. The van der Waals surface area contributed by atoms with Crippen LogP contribution in [0.5, 0.6) is 0 Å². The number of benzene rings is 4. The van der Waals surface area contributed by atoms with E-state index in [2.05, 4.69) is 29.2 Å². The molecule has 0 bridgehead atoms. The summed E-state index contributed by atoms with van der Waals surface area (Å²) in [6.07, 6.45) is 1.26. The van der Waals surface area contributed by atoms with Crippen molar-refractivity contribution in [2.75, 3.05) is 26.2 Å². The van der Waals surface area contributed by atoms with E-state index in [1.54, 1.807) is 11.0 Å². The number of hydrogen-bond donors (Lipinski definition) is 0. The van der Waals surface area contributed by atoms with E-state index in [0.717, 1.165) is 27.0 Å². The summed E-state index contributed by atoms with van der Waals surface area (Å²) in [6.45, 7) is 1.74. The quantitative estimate of drug-likeness (QED) is 0.251. The SMILES string of the molecule is N#CC(C(=O)N1CCN(C(c2ccccc2)c2ccccc2)CC1)=c1sc(=Cc2c(F)cccc2Cl)c(=O)n1-c1ccccc1F. The average Bonchev–Trinajstić information content (AvgIpc) is 3.39. The molecule has 2 heterocycles. The van der Waals surface area contributed by atoms with Gasteiger partial charge in [-0.1, -0.05) is 90.5 Å². The molecule has 6 rings (SSSR count). The maximum atomic E-state index is 15.1. The van der Waals surface area contributed by atoms with E-state index in [9.17, 15) is 19.2 Å². The molecule has 46 heavy (non-hydrogen) atoms. The van der Waals surface area contributed by atoms with Gasteiger partial charge in [0.25, 0.3) is 11.5 Å². The highest BCUT2D eigenvalue weighted by molar-refractivity contribution is 7.07. The van der Waals surface area contributed by atoms with Crippen molar-refractivity contribution in [2.24, 2.45) is 0 Å². The van der Waals surface area contributed by atoms with Crippen molar-refractivity contribution < 1.29 is 13.6 Å². The molecule has 0 radical (unpaired) electrons. The summed E-state index contributed by atoms with van der Waals surface area (Å²) in [4.78, 5) is 31.6. The maximum Gasteiger partial charge on any atom is 0.273 e. The summed E-state index contributed by atoms with van der Waals surface area (Å²) in [5.74, 6) is -1.94. The van der Waals surface area contributed by atoms with Gasteiger partial charge in [-0.25, -0.2) is 8.78 Å². The average molecular weight is 653 g/mol. The van der Waals surface area contributed by atoms with Crippen LogP contribution < -0.4 is 14.8 Å². The van der Waals surface area contributed by atoms with E-state index in [1.165, 1.54) is 42.5 Å². The van der Waals surface area contributed by atoms with E-state index in [1.807, 2.05) is 42.5 Å². The first-order valence-corrected chi connectivity index (χ1v) is 15.8. The van der Waals surface area contributed by atoms with Gasteiger partial charge >= 0.3 is 0 Å². The van der Waals surface area contributed by atoms with Gasteiger partial charge in [0.05, 0.1) is 21.3 Å². The standard InChI is InChI=1S/C36H27ClF2N4O2S/c37-28-14-9-16-29(38)26(28)22-32-35(45)43(31-17-8-7-15-30(31)39)36(46-32)27(23-40)34(44)42-20-18-41(19-21-42)33(24-10-3-1-4-11-24)25-12-5-2-6-13-25/h1-17,22,33H,18-21H2. The topological polar surface area (TPSA) is 69.3 Å². The lowest BCUT2D eigenvalue weighted by Gasteiger charge is -2.39. The molecule has 0 saturated carbocycles. The summed E-state index contributed by atoms with van der Waals surface area (Å²) < 4.78 is 30.7. The van der Waals surface area contributed by atoms with Crippen molar-refractivity contribution in [1.29, 1.82) is 5.26 Å². The van der Waals surface area contributed by atoms with Gasteiger partial charge in [-0.2, -0.15) is 5.26 Å². The zero-order valence-electron chi connectivity index (χ0n) is 24.4. The second kappa shape index (κ2) is 13.6. The first-order valence-electron chi connectivity index (χ1n) is 14.6. The molecule has 0 spiro atoms. The maximum absolute atomic E-state index is 15.1. The number of nitrogens with zero attached hydrogens (tertiary/aromatic N) is 4. The van der Waals surface area contributed by atoms with Crippen molar-refractivity contribution >= 4 is 40.5 Å². The fraction of sp³-hybridized carbons (Fsp3) is 0.139. The van der Waals surface area contributed by atoms with Gasteiger partial charge in [-0.15, -0.1) is 11.3 Å². The molecule has 1 saturated heterocycles. The van der Waals surface area contributed by atoms with Crippen LogP contribution in [0.2, 0.25) is 5.02 Å². The molecule has 10 heteroatoms. The minimum absolute atomic E-state index is 0.0100. The Bertz CT molecular complexity index is 2060. The highest BCUT2D eigenvalue weighted by Gasteiger charge is 2.30. The second-order valence-electron chi connectivity index (χ2n) is 10.7. The Kier molecular flexibility index (Phi) is 9.22. The number of hydrogen-bond acceptors (Lipinski definition) is 5. The molecular formula is C36H27ClF2N4O2S. The molecule has 0 unspecified atom stereocenters. The number of piperazine rings is 1. The molecule has 0 aliphatic carbocycles. The Labute approximate surface area is 272 Å². The molecule has 1 amide bonds. The number of amides is 1. The lowest BCUT2D eigenvalue weighted by molar-refractivity contribution is -0.126. The third-order valence-corrected chi connectivity index (χ3v) is 9.35. The number of thiazole rings is 1. The van der Waals surface area contributed by atoms with Gasteiger partial charge in [0.1, 0.15) is 22.4 Å². The van der Waals surface area contributed by atoms with E-state index in [-0.39, 0.29) is 37.1 Å². The summed E-state index contributed by atoms with van der Waals surface area (Å²) in [5.41, 5.74) is 1.09.